The van der Waals surface area contributed by atoms with Crippen molar-refractivity contribution in [3.8, 4) is 11.4 Å². The smallest absolute Gasteiger partial charge is 0.416 e. The van der Waals surface area contributed by atoms with Crippen molar-refractivity contribution in [1.29, 1.82) is 0 Å². The van der Waals surface area contributed by atoms with Crippen LogP contribution in [0.2, 0.25) is 0 Å². The Morgan fingerprint density at radius 1 is 1.19 bits per heavy atom. The number of aryl methyl sites for hydroxylation is 1. The maximum Gasteiger partial charge on any atom is 0.416 e. The first-order chi connectivity index (χ1) is 15.4. The number of hydrogen-bond donors (Lipinski definition) is 2. The molecule has 1 saturated heterocycles. The quantitative estimate of drug-likeness (QED) is 0.603. The van der Waals surface area contributed by atoms with Gasteiger partial charge in [0, 0.05) is 24.2 Å². The molecule has 0 aliphatic carbocycles. The molecule has 170 valence electrons. The van der Waals surface area contributed by atoms with Crippen LogP contribution in [0.3, 0.4) is 0 Å². The van der Waals surface area contributed by atoms with Gasteiger partial charge < -0.3 is 15.4 Å². The molecule has 0 spiro atoms. The maximum absolute atomic E-state index is 12.9. The van der Waals surface area contributed by atoms with Gasteiger partial charge in [-0.1, -0.05) is 12.1 Å². The van der Waals surface area contributed by atoms with E-state index in [2.05, 4.69) is 26.2 Å². The van der Waals surface area contributed by atoms with Crippen molar-refractivity contribution in [2.45, 2.75) is 44.6 Å². The van der Waals surface area contributed by atoms with Gasteiger partial charge in [-0.2, -0.15) is 17.9 Å². The zero-order chi connectivity index (χ0) is 22.7. The Morgan fingerprint density at radius 2 is 1.97 bits per heavy atom. The fourth-order valence-electron chi connectivity index (χ4n) is 4.08. The lowest BCUT2D eigenvalue weighted by Gasteiger charge is -2.34. The van der Waals surface area contributed by atoms with Crippen LogP contribution in [-0.2, 0) is 12.7 Å². The van der Waals surface area contributed by atoms with E-state index in [1.54, 1.807) is 23.9 Å². The fraction of sp³-hybridized carbons (Fsp3) is 0.409. The largest absolute Gasteiger partial charge is 0.496 e. The van der Waals surface area contributed by atoms with E-state index >= 15 is 0 Å². The molecular weight excluding hydrogens is 421 g/mol. The Bertz CT molecular complexity index is 1050. The Labute approximate surface area is 184 Å². The summed E-state index contributed by atoms with van der Waals surface area (Å²) in [5.41, 5.74) is 1.96. The van der Waals surface area contributed by atoms with Crippen molar-refractivity contribution in [2.24, 2.45) is 0 Å². The van der Waals surface area contributed by atoms with E-state index in [0.717, 1.165) is 54.1 Å². The third-order valence-electron chi connectivity index (χ3n) is 5.74. The average Bonchev–Trinajstić information content (AvgIpc) is 3.23. The molecule has 1 aromatic heterocycles. The molecule has 10 heteroatoms. The predicted octanol–water partition coefficient (Wildman–Crippen LogP) is 3.58. The summed E-state index contributed by atoms with van der Waals surface area (Å²) < 4.78 is 45.9. The number of benzene rings is 2. The van der Waals surface area contributed by atoms with Crippen LogP contribution in [0, 0.1) is 6.92 Å². The molecule has 7 nitrogen and oxygen atoms in total. The van der Waals surface area contributed by atoms with Gasteiger partial charge in [-0.15, -0.1) is 5.10 Å². The molecule has 0 amide bonds. The number of ether oxygens (including phenoxy) is 1. The second kappa shape index (κ2) is 9.25. The molecule has 4 rings (SSSR count). The number of tetrazole rings is 1. The molecule has 0 bridgehead atoms. The van der Waals surface area contributed by atoms with E-state index in [4.69, 9.17) is 4.74 Å². The molecule has 0 saturated carbocycles. The molecule has 1 fully saturated rings. The van der Waals surface area contributed by atoms with E-state index in [9.17, 15) is 13.2 Å². The first-order valence-electron chi connectivity index (χ1n) is 10.4. The van der Waals surface area contributed by atoms with Crippen LogP contribution in [0.5, 0.6) is 5.75 Å². The SMILES string of the molecule is COc1ccc(-n2nnnc2C)cc1CNC1CCCNC1c1ccc(C(F)(F)F)cc1. The summed E-state index contributed by atoms with van der Waals surface area (Å²) in [7, 11) is 1.62. The van der Waals surface area contributed by atoms with E-state index in [1.807, 2.05) is 25.1 Å². The Morgan fingerprint density at radius 3 is 2.62 bits per heavy atom. The average molecular weight is 446 g/mol. The van der Waals surface area contributed by atoms with E-state index in [-0.39, 0.29) is 12.1 Å². The number of halogens is 3. The third kappa shape index (κ3) is 4.76. The predicted molar refractivity (Wildman–Crippen MR) is 112 cm³/mol. The lowest BCUT2D eigenvalue weighted by atomic mass is 9.91. The first kappa shape index (κ1) is 22.2. The minimum Gasteiger partial charge on any atom is -0.496 e. The molecule has 1 aliphatic heterocycles. The van der Waals surface area contributed by atoms with Crippen molar-refractivity contribution in [1.82, 2.24) is 30.8 Å². The summed E-state index contributed by atoms with van der Waals surface area (Å²) in [4.78, 5) is 0. The summed E-state index contributed by atoms with van der Waals surface area (Å²) in [5.74, 6) is 1.41. The van der Waals surface area contributed by atoms with Crippen LogP contribution in [0.1, 0.15) is 41.4 Å². The summed E-state index contributed by atoms with van der Waals surface area (Å²) in [6.45, 7) is 3.17. The zero-order valence-electron chi connectivity index (χ0n) is 17.9. The zero-order valence-corrected chi connectivity index (χ0v) is 17.9. The van der Waals surface area contributed by atoms with Crippen LogP contribution >= 0.6 is 0 Å². The highest BCUT2D eigenvalue weighted by atomic mass is 19.4. The Kier molecular flexibility index (Phi) is 6.43. The highest BCUT2D eigenvalue weighted by molar-refractivity contribution is 5.44. The number of hydrogen-bond acceptors (Lipinski definition) is 6. The van der Waals surface area contributed by atoms with Crippen molar-refractivity contribution < 1.29 is 17.9 Å². The molecule has 32 heavy (non-hydrogen) atoms. The normalized spacial score (nSPS) is 19.2. The standard InChI is InChI=1S/C22H25F3N6O/c1-14-28-29-30-31(14)18-9-10-20(32-2)16(12-18)13-27-19-4-3-11-26-21(19)15-5-7-17(8-6-15)22(23,24)25/h5-10,12,19,21,26-27H,3-4,11,13H2,1-2H3. The number of methoxy groups -OCH3 is 1. The molecule has 2 aromatic carbocycles. The van der Waals surface area contributed by atoms with Gasteiger partial charge in [0.05, 0.1) is 18.4 Å². The summed E-state index contributed by atoms with van der Waals surface area (Å²) in [6, 6.07) is 11.1. The molecule has 2 N–H and O–H groups in total. The van der Waals surface area contributed by atoms with Gasteiger partial charge in [0.1, 0.15) is 5.75 Å². The first-order valence-corrected chi connectivity index (χ1v) is 10.4. The lowest BCUT2D eigenvalue weighted by molar-refractivity contribution is -0.137. The topological polar surface area (TPSA) is 76.9 Å². The van der Waals surface area contributed by atoms with E-state index < -0.39 is 11.7 Å². The summed E-state index contributed by atoms with van der Waals surface area (Å²) in [6.07, 6.45) is -2.45. The van der Waals surface area contributed by atoms with Gasteiger partial charge in [-0.05, 0) is 72.6 Å². The van der Waals surface area contributed by atoms with Crippen LogP contribution < -0.4 is 15.4 Å². The molecule has 0 radical (unpaired) electrons. The van der Waals surface area contributed by atoms with Crippen molar-refractivity contribution in [3.63, 3.8) is 0 Å². The van der Waals surface area contributed by atoms with Crippen LogP contribution in [-0.4, -0.2) is 39.9 Å². The fourth-order valence-corrected chi connectivity index (χ4v) is 4.08. The maximum atomic E-state index is 12.9. The molecule has 2 heterocycles. The van der Waals surface area contributed by atoms with Gasteiger partial charge in [0.25, 0.3) is 0 Å². The number of nitrogens with zero attached hydrogens (tertiary/aromatic N) is 4. The summed E-state index contributed by atoms with van der Waals surface area (Å²) in [5, 5.41) is 18.6. The highest BCUT2D eigenvalue weighted by Crippen LogP contribution is 2.31. The van der Waals surface area contributed by atoms with Crippen molar-refractivity contribution >= 4 is 0 Å². The van der Waals surface area contributed by atoms with Crippen LogP contribution in [0.25, 0.3) is 5.69 Å². The highest BCUT2D eigenvalue weighted by Gasteiger charge is 2.31. The second-order valence-corrected chi connectivity index (χ2v) is 7.82. The van der Waals surface area contributed by atoms with E-state index in [1.165, 1.54) is 0 Å². The Hall–Kier alpha value is -2.98. The number of rotatable bonds is 6. The van der Waals surface area contributed by atoms with Gasteiger partial charge >= 0.3 is 6.18 Å². The molecular formula is C22H25F3N6O. The van der Waals surface area contributed by atoms with Crippen molar-refractivity contribution in [2.75, 3.05) is 13.7 Å². The molecule has 3 aromatic rings. The van der Waals surface area contributed by atoms with Crippen LogP contribution in [0.4, 0.5) is 13.2 Å². The van der Waals surface area contributed by atoms with Gasteiger partial charge in [-0.25, -0.2) is 0 Å². The van der Waals surface area contributed by atoms with E-state index in [0.29, 0.717) is 12.4 Å². The minimum absolute atomic E-state index is 0.0589. The van der Waals surface area contributed by atoms with Crippen LogP contribution in [0.15, 0.2) is 42.5 Å². The number of nitrogens with one attached hydrogen (secondary N) is 2. The molecule has 2 unspecified atom stereocenters. The molecule has 1 aliphatic rings. The third-order valence-corrected chi connectivity index (χ3v) is 5.74. The molecule has 2 atom stereocenters. The minimum atomic E-state index is -4.34. The van der Waals surface area contributed by atoms with Gasteiger partial charge in [-0.3, -0.25) is 0 Å². The lowest BCUT2D eigenvalue weighted by Crippen LogP contribution is -2.45. The number of piperidine rings is 1. The second-order valence-electron chi connectivity index (χ2n) is 7.82. The van der Waals surface area contributed by atoms with Gasteiger partial charge in [0.15, 0.2) is 5.82 Å². The summed E-state index contributed by atoms with van der Waals surface area (Å²) >= 11 is 0. The number of aromatic nitrogens is 4. The monoisotopic (exact) mass is 446 g/mol. The van der Waals surface area contributed by atoms with Gasteiger partial charge in [0.2, 0.25) is 0 Å². The van der Waals surface area contributed by atoms with Crippen molar-refractivity contribution in [3.05, 3.63) is 65.0 Å². The number of alkyl halides is 3. The Balaban J connectivity index is 1.52.